The van der Waals surface area contributed by atoms with E-state index in [1.54, 1.807) is 19.1 Å². The zero-order chi connectivity index (χ0) is 13.7. The SMILES string of the molecule is CCOC(=O)c1nnnn1CC(O)c1ccccc1. The molecule has 2 rings (SSSR count). The Morgan fingerprint density at radius 3 is 2.84 bits per heavy atom. The molecular formula is C12H14N4O3. The predicted octanol–water partition coefficient (Wildman–Crippen LogP) is 0.583. The van der Waals surface area contributed by atoms with Gasteiger partial charge >= 0.3 is 5.97 Å². The molecule has 0 saturated heterocycles. The lowest BCUT2D eigenvalue weighted by atomic mass is 10.1. The van der Waals surface area contributed by atoms with Gasteiger partial charge in [-0.25, -0.2) is 9.48 Å². The summed E-state index contributed by atoms with van der Waals surface area (Å²) in [7, 11) is 0. The van der Waals surface area contributed by atoms with E-state index in [1.807, 2.05) is 18.2 Å². The van der Waals surface area contributed by atoms with Crippen molar-refractivity contribution in [2.75, 3.05) is 6.61 Å². The number of carbonyl (C=O) groups excluding carboxylic acids is 1. The van der Waals surface area contributed by atoms with Crippen molar-refractivity contribution in [1.82, 2.24) is 20.2 Å². The van der Waals surface area contributed by atoms with E-state index >= 15 is 0 Å². The first-order valence-corrected chi connectivity index (χ1v) is 5.88. The molecule has 0 bridgehead atoms. The van der Waals surface area contributed by atoms with Gasteiger partial charge in [-0.3, -0.25) is 0 Å². The summed E-state index contributed by atoms with van der Waals surface area (Å²) in [4.78, 5) is 11.6. The number of benzene rings is 1. The number of esters is 1. The van der Waals surface area contributed by atoms with E-state index in [0.29, 0.717) is 0 Å². The Morgan fingerprint density at radius 1 is 1.42 bits per heavy atom. The second-order valence-corrected chi connectivity index (χ2v) is 3.83. The van der Waals surface area contributed by atoms with Gasteiger partial charge in [0.1, 0.15) is 0 Å². The highest BCUT2D eigenvalue weighted by molar-refractivity contribution is 5.85. The van der Waals surface area contributed by atoms with E-state index in [-0.39, 0.29) is 19.0 Å². The van der Waals surface area contributed by atoms with Gasteiger partial charge in [-0.15, -0.1) is 5.10 Å². The number of tetrazole rings is 1. The number of rotatable bonds is 5. The molecule has 1 unspecified atom stereocenters. The van der Waals surface area contributed by atoms with Crippen LogP contribution in [0.15, 0.2) is 30.3 Å². The summed E-state index contributed by atoms with van der Waals surface area (Å²) >= 11 is 0. The van der Waals surface area contributed by atoms with Gasteiger partial charge in [0.05, 0.1) is 19.3 Å². The molecule has 0 spiro atoms. The Bertz CT molecular complexity index is 541. The number of carbonyl (C=O) groups is 1. The highest BCUT2D eigenvalue weighted by atomic mass is 16.5. The molecule has 1 atom stereocenters. The molecule has 7 nitrogen and oxygen atoms in total. The standard InChI is InChI=1S/C12H14N4O3/c1-2-19-12(18)11-13-14-15-16(11)8-10(17)9-6-4-3-5-7-9/h3-7,10,17H,2,8H2,1H3. The average Bonchev–Trinajstić information content (AvgIpc) is 2.88. The zero-order valence-electron chi connectivity index (χ0n) is 10.4. The molecule has 2 aromatic rings. The number of aliphatic hydroxyl groups excluding tert-OH is 1. The van der Waals surface area contributed by atoms with E-state index < -0.39 is 12.1 Å². The molecule has 0 aliphatic rings. The maximum absolute atomic E-state index is 11.6. The van der Waals surface area contributed by atoms with Crippen molar-refractivity contribution in [3.05, 3.63) is 41.7 Å². The molecule has 0 saturated carbocycles. The van der Waals surface area contributed by atoms with E-state index in [4.69, 9.17) is 4.74 Å². The van der Waals surface area contributed by atoms with Crippen LogP contribution in [0.2, 0.25) is 0 Å². The van der Waals surface area contributed by atoms with E-state index in [0.717, 1.165) is 5.56 Å². The molecule has 0 aliphatic carbocycles. The minimum absolute atomic E-state index is 0.0168. The van der Waals surface area contributed by atoms with Crippen LogP contribution < -0.4 is 0 Å². The van der Waals surface area contributed by atoms with Crippen molar-refractivity contribution >= 4 is 5.97 Å². The Balaban J connectivity index is 2.12. The lowest BCUT2D eigenvalue weighted by Crippen LogP contribution is -2.18. The number of nitrogens with zero attached hydrogens (tertiary/aromatic N) is 4. The molecule has 0 aliphatic heterocycles. The van der Waals surface area contributed by atoms with Gasteiger partial charge in [0.25, 0.3) is 5.82 Å². The first-order chi connectivity index (χ1) is 9.22. The number of aromatic nitrogens is 4. The second-order valence-electron chi connectivity index (χ2n) is 3.83. The largest absolute Gasteiger partial charge is 0.460 e. The summed E-state index contributed by atoms with van der Waals surface area (Å²) in [6.07, 6.45) is -0.794. The third-order valence-corrected chi connectivity index (χ3v) is 2.52. The molecular weight excluding hydrogens is 248 g/mol. The van der Waals surface area contributed by atoms with Crippen LogP contribution in [0.1, 0.15) is 29.2 Å². The predicted molar refractivity (Wildman–Crippen MR) is 65.2 cm³/mol. The summed E-state index contributed by atoms with van der Waals surface area (Å²) in [5, 5.41) is 20.8. The molecule has 100 valence electrons. The molecule has 1 heterocycles. The molecule has 0 radical (unpaired) electrons. The fraction of sp³-hybridized carbons (Fsp3) is 0.333. The van der Waals surface area contributed by atoms with Gasteiger partial charge in [-0.1, -0.05) is 30.3 Å². The molecule has 7 heteroatoms. The normalized spacial score (nSPS) is 12.1. The first kappa shape index (κ1) is 13.2. The van der Waals surface area contributed by atoms with Gasteiger partial charge in [0, 0.05) is 0 Å². The number of ether oxygens (including phenoxy) is 1. The highest BCUT2D eigenvalue weighted by Gasteiger charge is 2.19. The van der Waals surface area contributed by atoms with Crippen LogP contribution in [-0.2, 0) is 11.3 Å². The summed E-state index contributed by atoms with van der Waals surface area (Å²) in [6, 6.07) is 9.09. The van der Waals surface area contributed by atoms with Crippen LogP contribution in [0.25, 0.3) is 0 Å². The summed E-state index contributed by atoms with van der Waals surface area (Å²) < 4.78 is 6.06. The Labute approximate surface area is 109 Å². The first-order valence-electron chi connectivity index (χ1n) is 5.88. The fourth-order valence-corrected chi connectivity index (χ4v) is 1.61. The van der Waals surface area contributed by atoms with Crippen molar-refractivity contribution in [2.24, 2.45) is 0 Å². The maximum atomic E-state index is 11.6. The lowest BCUT2D eigenvalue weighted by Gasteiger charge is -2.11. The van der Waals surface area contributed by atoms with Crippen LogP contribution in [0.4, 0.5) is 0 Å². The van der Waals surface area contributed by atoms with E-state index in [1.165, 1.54) is 4.68 Å². The average molecular weight is 262 g/mol. The van der Waals surface area contributed by atoms with Crippen LogP contribution in [0, 0.1) is 0 Å². The minimum atomic E-state index is -0.794. The Morgan fingerprint density at radius 2 is 2.16 bits per heavy atom. The molecule has 0 amide bonds. The van der Waals surface area contributed by atoms with Gasteiger partial charge in [-0.05, 0) is 22.9 Å². The summed E-state index contributed by atoms with van der Waals surface area (Å²) in [6.45, 7) is 2.03. The van der Waals surface area contributed by atoms with E-state index in [9.17, 15) is 9.90 Å². The monoisotopic (exact) mass is 262 g/mol. The van der Waals surface area contributed by atoms with Crippen molar-refractivity contribution in [2.45, 2.75) is 19.6 Å². The third-order valence-electron chi connectivity index (χ3n) is 2.52. The van der Waals surface area contributed by atoms with Gasteiger partial charge in [-0.2, -0.15) is 0 Å². The second kappa shape index (κ2) is 6.05. The van der Waals surface area contributed by atoms with Crippen LogP contribution in [0.3, 0.4) is 0 Å². The zero-order valence-corrected chi connectivity index (χ0v) is 10.4. The van der Waals surface area contributed by atoms with Crippen molar-refractivity contribution < 1.29 is 14.6 Å². The fourth-order valence-electron chi connectivity index (χ4n) is 1.61. The molecule has 1 N–H and O–H groups in total. The third kappa shape index (κ3) is 3.14. The minimum Gasteiger partial charge on any atom is -0.460 e. The quantitative estimate of drug-likeness (QED) is 0.793. The molecule has 19 heavy (non-hydrogen) atoms. The summed E-state index contributed by atoms with van der Waals surface area (Å²) in [5.74, 6) is -0.621. The van der Waals surface area contributed by atoms with Crippen molar-refractivity contribution in [1.29, 1.82) is 0 Å². The molecule has 1 aromatic carbocycles. The summed E-state index contributed by atoms with van der Waals surface area (Å²) in [5.41, 5.74) is 0.729. The van der Waals surface area contributed by atoms with Crippen molar-refractivity contribution in [3.8, 4) is 0 Å². The number of hydrogen-bond donors (Lipinski definition) is 1. The molecule has 0 fully saturated rings. The number of hydrogen-bond acceptors (Lipinski definition) is 6. The highest BCUT2D eigenvalue weighted by Crippen LogP contribution is 2.14. The smallest absolute Gasteiger partial charge is 0.378 e. The van der Waals surface area contributed by atoms with Crippen LogP contribution in [-0.4, -0.2) is 37.9 Å². The van der Waals surface area contributed by atoms with Gasteiger partial charge in [0.15, 0.2) is 0 Å². The number of aliphatic hydroxyl groups is 1. The van der Waals surface area contributed by atoms with Gasteiger partial charge < -0.3 is 9.84 Å². The van der Waals surface area contributed by atoms with Crippen molar-refractivity contribution in [3.63, 3.8) is 0 Å². The Kier molecular flexibility index (Phi) is 4.19. The van der Waals surface area contributed by atoms with E-state index in [2.05, 4.69) is 15.5 Å². The maximum Gasteiger partial charge on any atom is 0.378 e. The van der Waals surface area contributed by atoms with Gasteiger partial charge in [0.2, 0.25) is 0 Å². The van der Waals surface area contributed by atoms with Crippen LogP contribution in [0.5, 0.6) is 0 Å². The Hall–Kier alpha value is -2.28. The molecule has 1 aromatic heterocycles. The van der Waals surface area contributed by atoms with Crippen LogP contribution >= 0.6 is 0 Å². The lowest BCUT2D eigenvalue weighted by molar-refractivity contribution is 0.0498. The topological polar surface area (TPSA) is 90.1 Å².